The summed E-state index contributed by atoms with van der Waals surface area (Å²) in [5, 5.41) is 0. The molecule has 130 valence electrons. The molecule has 6 nitrogen and oxygen atoms in total. The first-order valence-corrected chi connectivity index (χ1v) is 8.53. The van der Waals surface area contributed by atoms with E-state index in [0.717, 1.165) is 45.0 Å². The number of carbonyl (C=O) groups excluding carboxylic acids is 2. The first-order chi connectivity index (χ1) is 11.5. The van der Waals surface area contributed by atoms with Crippen molar-refractivity contribution < 1.29 is 14.3 Å². The van der Waals surface area contributed by atoms with E-state index < -0.39 is 0 Å². The van der Waals surface area contributed by atoms with Crippen LogP contribution >= 0.6 is 0 Å². The number of amides is 2. The molecule has 2 heterocycles. The predicted molar refractivity (Wildman–Crippen MR) is 92.6 cm³/mol. The largest absolute Gasteiger partial charge is 0.377 e. The Morgan fingerprint density at radius 2 is 1.79 bits per heavy atom. The van der Waals surface area contributed by atoms with Gasteiger partial charge in [-0.2, -0.15) is 0 Å². The Kier molecular flexibility index (Phi) is 4.87. The fourth-order valence-corrected chi connectivity index (χ4v) is 3.28. The molecule has 1 aromatic rings. The molecule has 1 fully saturated rings. The topological polar surface area (TPSA) is 53.1 Å². The zero-order valence-corrected chi connectivity index (χ0v) is 14.6. The highest BCUT2D eigenvalue weighted by atomic mass is 16.5. The van der Waals surface area contributed by atoms with Crippen LogP contribution in [-0.4, -0.2) is 74.1 Å². The van der Waals surface area contributed by atoms with Crippen LogP contribution < -0.4 is 4.90 Å². The second-order valence-electron chi connectivity index (χ2n) is 6.62. The van der Waals surface area contributed by atoms with Crippen molar-refractivity contribution in [1.29, 1.82) is 0 Å². The van der Waals surface area contributed by atoms with E-state index in [9.17, 15) is 9.59 Å². The zero-order valence-electron chi connectivity index (χ0n) is 14.6. The van der Waals surface area contributed by atoms with Crippen LogP contribution in [0.3, 0.4) is 0 Å². The highest BCUT2D eigenvalue weighted by Crippen LogP contribution is 2.31. The minimum atomic E-state index is -0.207. The molecule has 0 aromatic heterocycles. The minimum Gasteiger partial charge on any atom is -0.377 e. The SMILES string of the molecule is CC(C)OCCN1CCN(c2cccc3c2C(=O)N(C)C3=O)CC1. The van der Waals surface area contributed by atoms with E-state index in [4.69, 9.17) is 4.74 Å². The van der Waals surface area contributed by atoms with Gasteiger partial charge in [0.15, 0.2) is 0 Å². The van der Waals surface area contributed by atoms with Crippen molar-refractivity contribution in [3.63, 3.8) is 0 Å². The molecule has 0 unspecified atom stereocenters. The van der Waals surface area contributed by atoms with E-state index in [-0.39, 0.29) is 17.9 Å². The number of benzene rings is 1. The van der Waals surface area contributed by atoms with Crippen LogP contribution in [0.1, 0.15) is 34.6 Å². The van der Waals surface area contributed by atoms with E-state index in [1.54, 1.807) is 13.1 Å². The van der Waals surface area contributed by atoms with Crippen LogP contribution in [0, 0.1) is 0 Å². The molecule has 2 aliphatic rings. The number of hydrogen-bond donors (Lipinski definition) is 0. The summed E-state index contributed by atoms with van der Waals surface area (Å²) in [5.41, 5.74) is 1.96. The molecular weight excluding hydrogens is 306 g/mol. The molecule has 2 amide bonds. The first-order valence-electron chi connectivity index (χ1n) is 8.53. The molecule has 24 heavy (non-hydrogen) atoms. The van der Waals surface area contributed by atoms with E-state index in [0.29, 0.717) is 11.1 Å². The van der Waals surface area contributed by atoms with Gasteiger partial charge in [-0.25, -0.2) is 0 Å². The highest BCUT2D eigenvalue weighted by molar-refractivity contribution is 6.23. The Morgan fingerprint density at radius 3 is 2.46 bits per heavy atom. The second-order valence-corrected chi connectivity index (χ2v) is 6.62. The Balaban J connectivity index is 1.66. The zero-order chi connectivity index (χ0) is 17.3. The Bertz CT molecular complexity index is 636. The fourth-order valence-electron chi connectivity index (χ4n) is 3.28. The average Bonchev–Trinajstić information content (AvgIpc) is 2.80. The number of rotatable bonds is 5. The van der Waals surface area contributed by atoms with Crippen molar-refractivity contribution in [1.82, 2.24) is 9.80 Å². The van der Waals surface area contributed by atoms with E-state index >= 15 is 0 Å². The van der Waals surface area contributed by atoms with Crippen molar-refractivity contribution in [2.45, 2.75) is 20.0 Å². The first kappa shape index (κ1) is 16.9. The summed E-state index contributed by atoms with van der Waals surface area (Å²) in [4.78, 5) is 30.3. The van der Waals surface area contributed by atoms with Crippen molar-refractivity contribution in [2.24, 2.45) is 0 Å². The number of fused-ring (bicyclic) bond motifs is 1. The monoisotopic (exact) mass is 331 g/mol. The highest BCUT2D eigenvalue weighted by Gasteiger charge is 2.36. The summed E-state index contributed by atoms with van der Waals surface area (Å²) in [5.74, 6) is -0.403. The molecule has 0 spiro atoms. The summed E-state index contributed by atoms with van der Waals surface area (Å²) in [6.07, 6.45) is 0.263. The van der Waals surface area contributed by atoms with E-state index in [2.05, 4.69) is 9.80 Å². The Morgan fingerprint density at radius 1 is 1.08 bits per heavy atom. The van der Waals surface area contributed by atoms with Crippen molar-refractivity contribution in [3.8, 4) is 0 Å². The summed E-state index contributed by atoms with van der Waals surface area (Å²) in [7, 11) is 1.54. The number of ether oxygens (including phenoxy) is 1. The van der Waals surface area contributed by atoms with Gasteiger partial charge in [-0.3, -0.25) is 19.4 Å². The van der Waals surface area contributed by atoms with Gasteiger partial charge in [0, 0.05) is 39.8 Å². The third kappa shape index (κ3) is 3.16. The van der Waals surface area contributed by atoms with Crippen LogP contribution in [0.5, 0.6) is 0 Å². The smallest absolute Gasteiger partial charge is 0.263 e. The van der Waals surface area contributed by atoms with Gasteiger partial charge in [-0.1, -0.05) is 6.07 Å². The average molecular weight is 331 g/mol. The molecule has 0 N–H and O–H groups in total. The molecule has 6 heteroatoms. The molecule has 0 saturated carbocycles. The number of carbonyl (C=O) groups is 2. The van der Waals surface area contributed by atoms with Gasteiger partial charge in [-0.15, -0.1) is 0 Å². The summed E-state index contributed by atoms with van der Waals surface area (Å²) in [6, 6.07) is 5.55. The van der Waals surface area contributed by atoms with Crippen LogP contribution in [0.4, 0.5) is 5.69 Å². The molecule has 3 rings (SSSR count). The van der Waals surface area contributed by atoms with E-state index in [1.807, 2.05) is 26.0 Å². The van der Waals surface area contributed by atoms with Crippen molar-refractivity contribution in [2.75, 3.05) is 51.3 Å². The molecule has 0 radical (unpaired) electrons. The lowest BCUT2D eigenvalue weighted by Crippen LogP contribution is -2.47. The summed E-state index contributed by atoms with van der Waals surface area (Å²) >= 11 is 0. The Hall–Kier alpha value is -1.92. The van der Waals surface area contributed by atoms with Crippen LogP contribution in [0.15, 0.2) is 18.2 Å². The van der Waals surface area contributed by atoms with E-state index in [1.165, 1.54) is 4.90 Å². The fraction of sp³-hybridized carbons (Fsp3) is 0.556. The van der Waals surface area contributed by atoms with Crippen LogP contribution in [-0.2, 0) is 4.74 Å². The van der Waals surface area contributed by atoms with Crippen LogP contribution in [0.25, 0.3) is 0 Å². The summed E-state index contributed by atoms with van der Waals surface area (Å²) in [6.45, 7) is 9.33. The lowest BCUT2D eigenvalue weighted by atomic mass is 10.1. The second kappa shape index (κ2) is 6.91. The van der Waals surface area contributed by atoms with Crippen molar-refractivity contribution >= 4 is 17.5 Å². The number of hydrogen-bond acceptors (Lipinski definition) is 5. The quantitative estimate of drug-likeness (QED) is 0.765. The molecule has 2 aliphatic heterocycles. The predicted octanol–water partition coefficient (Wildman–Crippen LogP) is 1.46. The maximum Gasteiger partial charge on any atom is 0.263 e. The summed E-state index contributed by atoms with van der Waals surface area (Å²) < 4.78 is 5.61. The van der Waals surface area contributed by atoms with Gasteiger partial charge in [0.05, 0.1) is 29.5 Å². The lowest BCUT2D eigenvalue weighted by molar-refractivity contribution is 0.0579. The molecule has 0 bridgehead atoms. The maximum absolute atomic E-state index is 12.4. The maximum atomic E-state index is 12.4. The molecule has 1 aromatic carbocycles. The van der Waals surface area contributed by atoms with Gasteiger partial charge in [0.1, 0.15) is 0 Å². The third-order valence-electron chi connectivity index (χ3n) is 4.67. The van der Waals surface area contributed by atoms with Crippen LogP contribution in [0.2, 0.25) is 0 Å². The van der Waals surface area contributed by atoms with Gasteiger partial charge < -0.3 is 9.64 Å². The number of anilines is 1. The van der Waals surface area contributed by atoms with Gasteiger partial charge in [0.25, 0.3) is 11.8 Å². The van der Waals surface area contributed by atoms with Crippen molar-refractivity contribution in [3.05, 3.63) is 29.3 Å². The molecule has 0 atom stereocenters. The number of imide groups is 1. The molecule has 1 saturated heterocycles. The molecule has 0 aliphatic carbocycles. The van der Waals surface area contributed by atoms with Gasteiger partial charge in [-0.05, 0) is 26.0 Å². The lowest BCUT2D eigenvalue weighted by Gasteiger charge is -2.36. The Labute approximate surface area is 143 Å². The third-order valence-corrected chi connectivity index (χ3v) is 4.67. The minimum absolute atomic E-state index is 0.196. The standard InChI is InChI=1S/C18H25N3O3/c1-13(2)24-12-11-20-7-9-21(10-8-20)15-6-4-5-14-16(15)18(23)19(3)17(14)22/h4-6,13H,7-12H2,1-3H3. The normalized spacial score (nSPS) is 18.7. The van der Waals surface area contributed by atoms with Gasteiger partial charge >= 0.3 is 0 Å². The number of nitrogens with zero attached hydrogens (tertiary/aromatic N) is 3. The molecular formula is C18H25N3O3. The van der Waals surface area contributed by atoms with Gasteiger partial charge in [0.2, 0.25) is 0 Å². The number of piperazine rings is 1.